The summed E-state index contributed by atoms with van der Waals surface area (Å²) in [5.74, 6) is -0.179. The number of halogens is 1. The molecule has 0 spiro atoms. The lowest BCUT2D eigenvalue weighted by molar-refractivity contribution is -0.120. The first kappa shape index (κ1) is 19.7. The Hall–Kier alpha value is -3.61. The Morgan fingerprint density at radius 3 is 2.67 bits per heavy atom. The Morgan fingerprint density at radius 2 is 1.93 bits per heavy atom. The average Bonchev–Trinajstić information content (AvgIpc) is 2.78. The first-order valence-electron chi connectivity index (χ1n) is 9.63. The SMILES string of the molecule is N#Cc1cccc(NC(=O)C2CCN(c3c(C#N)cnc4ccc(Cl)cc34)CC2)c1. The Morgan fingerprint density at radius 1 is 1.13 bits per heavy atom. The first-order valence-corrected chi connectivity index (χ1v) is 10.0. The van der Waals surface area contributed by atoms with Gasteiger partial charge in [-0.15, -0.1) is 0 Å². The zero-order chi connectivity index (χ0) is 21.1. The zero-order valence-corrected chi connectivity index (χ0v) is 16.9. The molecule has 6 nitrogen and oxygen atoms in total. The Balaban J connectivity index is 1.51. The second-order valence-electron chi connectivity index (χ2n) is 7.24. The quantitative estimate of drug-likeness (QED) is 0.680. The molecule has 1 N–H and O–H groups in total. The molecule has 2 heterocycles. The molecule has 30 heavy (non-hydrogen) atoms. The third-order valence-corrected chi connectivity index (χ3v) is 5.60. The van der Waals surface area contributed by atoms with Crippen molar-refractivity contribution in [2.24, 2.45) is 5.92 Å². The molecule has 0 aliphatic carbocycles. The number of amides is 1. The van der Waals surface area contributed by atoms with Gasteiger partial charge in [0, 0.05) is 41.3 Å². The van der Waals surface area contributed by atoms with E-state index in [4.69, 9.17) is 16.9 Å². The minimum atomic E-state index is -0.130. The summed E-state index contributed by atoms with van der Waals surface area (Å²) in [7, 11) is 0. The summed E-state index contributed by atoms with van der Waals surface area (Å²) in [5.41, 5.74) is 3.25. The number of nitrogens with one attached hydrogen (secondary N) is 1. The molecule has 1 aliphatic heterocycles. The topological polar surface area (TPSA) is 92.8 Å². The van der Waals surface area contributed by atoms with Gasteiger partial charge in [-0.05, 0) is 49.2 Å². The van der Waals surface area contributed by atoms with Gasteiger partial charge in [-0.2, -0.15) is 10.5 Å². The highest BCUT2D eigenvalue weighted by Crippen LogP contribution is 2.34. The number of hydrogen-bond donors (Lipinski definition) is 1. The van der Waals surface area contributed by atoms with Crippen LogP contribution in [0.15, 0.2) is 48.7 Å². The lowest BCUT2D eigenvalue weighted by Gasteiger charge is -2.34. The number of nitriles is 2. The molecule has 0 saturated carbocycles. The number of carbonyl (C=O) groups excluding carboxylic acids is 1. The third kappa shape index (κ3) is 3.91. The van der Waals surface area contributed by atoms with Crippen LogP contribution < -0.4 is 10.2 Å². The first-order chi connectivity index (χ1) is 14.6. The van der Waals surface area contributed by atoms with Crippen LogP contribution in [0.2, 0.25) is 5.02 Å². The molecule has 1 aliphatic rings. The average molecular weight is 416 g/mol. The van der Waals surface area contributed by atoms with Crippen molar-refractivity contribution in [3.05, 3.63) is 64.8 Å². The molecular weight excluding hydrogens is 398 g/mol. The molecule has 3 aromatic rings. The lowest BCUT2D eigenvalue weighted by Crippen LogP contribution is -2.38. The minimum Gasteiger partial charge on any atom is -0.370 e. The van der Waals surface area contributed by atoms with Gasteiger partial charge in [-0.1, -0.05) is 17.7 Å². The highest BCUT2D eigenvalue weighted by atomic mass is 35.5. The van der Waals surface area contributed by atoms with E-state index in [1.807, 2.05) is 12.1 Å². The maximum atomic E-state index is 12.7. The number of benzene rings is 2. The zero-order valence-electron chi connectivity index (χ0n) is 16.1. The molecule has 1 aromatic heterocycles. The van der Waals surface area contributed by atoms with Gasteiger partial charge in [0.15, 0.2) is 0 Å². The van der Waals surface area contributed by atoms with Crippen molar-refractivity contribution in [2.75, 3.05) is 23.3 Å². The predicted molar refractivity (Wildman–Crippen MR) is 116 cm³/mol. The van der Waals surface area contributed by atoms with Crippen molar-refractivity contribution in [2.45, 2.75) is 12.8 Å². The number of hydrogen-bond acceptors (Lipinski definition) is 5. The van der Waals surface area contributed by atoms with E-state index in [1.165, 1.54) is 0 Å². The molecule has 0 bridgehead atoms. The summed E-state index contributed by atoms with van der Waals surface area (Å²) in [6.07, 6.45) is 2.92. The molecule has 1 saturated heterocycles. The number of nitrogens with zero attached hydrogens (tertiary/aromatic N) is 4. The van der Waals surface area contributed by atoms with Crippen LogP contribution in [0.3, 0.4) is 0 Å². The maximum Gasteiger partial charge on any atom is 0.227 e. The fourth-order valence-corrected chi connectivity index (χ4v) is 4.02. The van der Waals surface area contributed by atoms with Crippen molar-refractivity contribution in [3.8, 4) is 12.1 Å². The van der Waals surface area contributed by atoms with Crippen LogP contribution in [-0.4, -0.2) is 24.0 Å². The van der Waals surface area contributed by atoms with E-state index < -0.39 is 0 Å². The van der Waals surface area contributed by atoms with Gasteiger partial charge in [-0.25, -0.2) is 0 Å². The monoisotopic (exact) mass is 415 g/mol. The fraction of sp³-hybridized carbons (Fsp3) is 0.217. The van der Waals surface area contributed by atoms with Gasteiger partial charge >= 0.3 is 0 Å². The number of piperidine rings is 1. The van der Waals surface area contributed by atoms with Crippen molar-refractivity contribution in [1.29, 1.82) is 10.5 Å². The number of carbonyl (C=O) groups is 1. The van der Waals surface area contributed by atoms with Crippen molar-refractivity contribution in [1.82, 2.24) is 4.98 Å². The number of fused-ring (bicyclic) bond motifs is 1. The molecular formula is C23H18ClN5O. The van der Waals surface area contributed by atoms with Gasteiger partial charge in [0.25, 0.3) is 0 Å². The second kappa shape index (κ2) is 8.41. The van der Waals surface area contributed by atoms with E-state index in [0.29, 0.717) is 47.8 Å². The Labute approximate surface area is 179 Å². The highest BCUT2D eigenvalue weighted by molar-refractivity contribution is 6.31. The normalized spacial score (nSPS) is 14.2. The summed E-state index contributed by atoms with van der Waals surface area (Å²) in [4.78, 5) is 19.2. The van der Waals surface area contributed by atoms with Crippen LogP contribution in [0.25, 0.3) is 10.9 Å². The summed E-state index contributed by atoms with van der Waals surface area (Å²) in [5, 5.41) is 23.0. The van der Waals surface area contributed by atoms with E-state index >= 15 is 0 Å². The number of anilines is 2. The van der Waals surface area contributed by atoms with E-state index in [0.717, 1.165) is 16.6 Å². The van der Waals surface area contributed by atoms with Crippen LogP contribution in [0.1, 0.15) is 24.0 Å². The van der Waals surface area contributed by atoms with Gasteiger partial charge in [0.05, 0.1) is 28.4 Å². The third-order valence-electron chi connectivity index (χ3n) is 5.36. The van der Waals surface area contributed by atoms with Crippen molar-refractivity contribution < 1.29 is 4.79 Å². The van der Waals surface area contributed by atoms with Crippen LogP contribution in [0.4, 0.5) is 11.4 Å². The minimum absolute atomic E-state index is 0.0483. The van der Waals surface area contributed by atoms with Gasteiger partial charge in [0.1, 0.15) is 6.07 Å². The van der Waals surface area contributed by atoms with Crippen molar-refractivity contribution in [3.63, 3.8) is 0 Å². The smallest absolute Gasteiger partial charge is 0.227 e. The summed E-state index contributed by atoms with van der Waals surface area (Å²) in [6, 6.07) is 16.7. The number of aromatic nitrogens is 1. The van der Waals surface area contributed by atoms with E-state index in [2.05, 4.69) is 27.3 Å². The summed E-state index contributed by atoms with van der Waals surface area (Å²) < 4.78 is 0. The molecule has 4 rings (SSSR count). The molecule has 1 amide bonds. The van der Waals surface area contributed by atoms with E-state index in [-0.39, 0.29) is 11.8 Å². The summed E-state index contributed by atoms with van der Waals surface area (Å²) >= 11 is 6.19. The lowest BCUT2D eigenvalue weighted by atomic mass is 9.94. The summed E-state index contributed by atoms with van der Waals surface area (Å²) in [6.45, 7) is 1.30. The van der Waals surface area contributed by atoms with Crippen LogP contribution >= 0.6 is 11.6 Å². The second-order valence-corrected chi connectivity index (χ2v) is 7.67. The molecule has 7 heteroatoms. The Kier molecular flexibility index (Phi) is 5.52. The molecule has 0 radical (unpaired) electrons. The van der Waals surface area contributed by atoms with Gasteiger partial charge < -0.3 is 10.2 Å². The van der Waals surface area contributed by atoms with Gasteiger partial charge in [0.2, 0.25) is 5.91 Å². The number of rotatable bonds is 3. The van der Waals surface area contributed by atoms with Gasteiger partial charge in [-0.3, -0.25) is 9.78 Å². The standard InChI is InChI=1S/C23H18ClN5O/c24-18-4-5-21-20(11-18)22(17(13-26)14-27-21)29-8-6-16(7-9-29)23(30)28-19-3-1-2-15(10-19)12-25/h1-5,10-11,14,16H,6-9H2,(H,28,30). The fourth-order valence-electron chi connectivity index (χ4n) is 3.85. The van der Waals surface area contributed by atoms with Crippen LogP contribution in [-0.2, 0) is 4.79 Å². The van der Waals surface area contributed by atoms with Crippen LogP contribution in [0.5, 0.6) is 0 Å². The molecule has 0 unspecified atom stereocenters. The Bertz CT molecular complexity index is 1200. The number of pyridine rings is 1. The molecule has 1 fully saturated rings. The molecule has 2 aromatic carbocycles. The maximum absolute atomic E-state index is 12.7. The van der Waals surface area contributed by atoms with E-state index in [1.54, 1.807) is 36.5 Å². The molecule has 148 valence electrons. The molecule has 0 atom stereocenters. The van der Waals surface area contributed by atoms with Crippen molar-refractivity contribution >= 4 is 39.8 Å². The van der Waals surface area contributed by atoms with E-state index in [9.17, 15) is 10.1 Å². The van der Waals surface area contributed by atoms with Crippen LogP contribution in [0, 0.1) is 28.6 Å². The highest BCUT2D eigenvalue weighted by Gasteiger charge is 2.27. The largest absolute Gasteiger partial charge is 0.370 e. The predicted octanol–water partition coefficient (Wildman–Crippen LogP) is 4.49.